The van der Waals surface area contributed by atoms with Gasteiger partial charge in [-0.2, -0.15) is 0 Å². The Morgan fingerprint density at radius 2 is 1.90 bits per heavy atom. The number of hydrogen-bond donors (Lipinski definition) is 1. The van der Waals surface area contributed by atoms with Crippen molar-refractivity contribution < 1.29 is 17.2 Å². The molecular formula is C23H26FNO3S. The van der Waals surface area contributed by atoms with Crippen LogP contribution in [0.2, 0.25) is 0 Å². The predicted octanol–water partition coefficient (Wildman–Crippen LogP) is 5.91. The van der Waals surface area contributed by atoms with E-state index in [1.807, 2.05) is 12.1 Å². The maximum absolute atomic E-state index is 13.1. The Morgan fingerprint density at radius 1 is 1.17 bits per heavy atom. The highest BCUT2D eigenvalue weighted by Gasteiger charge is 2.33. The summed E-state index contributed by atoms with van der Waals surface area (Å²) in [7, 11) is -3.79. The maximum Gasteiger partial charge on any atom is 0.261 e. The quantitative estimate of drug-likeness (QED) is 0.563. The summed E-state index contributed by atoms with van der Waals surface area (Å²) >= 11 is 0. The Hall–Kier alpha value is -2.34. The lowest BCUT2D eigenvalue weighted by Crippen LogP contribution is -2.28. The summed E-state index contributed by atoms with van der Waals surface area (Å²) in [5.41, 5.74) is 2.71. The van der Waals surface area contributed by atoms with E-state index in [-0.39, 0.29) is 10.3 Å². The van der Waals surface area contributed by atoms with Gasteiger partial charge in [-0.1, -0.05) is 27.2 Å². The smallest absolute Gasteiger partial charge is 0.261 e. The van der Waals surface area contributed by atoms with Crippen molar-refractivity contribution in [1.29, 1.82) is 0 Å². The summed E-state index contributed by atoms with van der Waals surface area (Å²) in [4.78, 5) is 0.0259. The molecule has 1 N–H and O–H groups in total. The van der Waals surface area contributed by atoms with Crippen LogP contribution in [0.25, 0.3) is 11.0 Å². The van der Waals surface area contributed by atoms with E-state index in [2.05, 4.69) is 25.5 Å². The minimum absolute atomic E-state index is 0.0259. The second-order valence-corrected chi connectivity index (χ2v) is 10.2. The Balaban J connectivity index is 1.67. The van der Waals surface area contributed by atoms with Gasteiger partial charge in [0.2, 0.25) is 0 Å². The van der Waals surface area contributed by atoms with Gasteiger partial charge in [0.1, 0.15) is 17.2 Å². The Labute approximate surface area is 171 Å². The van der Waals surface area contributed by atoms with Crippen molar-refractivity contribution in [3.05, 3.63) is 59.6 Å². The second kappa shape index (κ2) is 7.17. The van der Waals surface area contributed by atoms with Crippen molar-refractivity contribution in [2.75, 3.05) is 4.72 Å². The summed E-state index contributed by atoms with van der Waals surface area (Å²) in [6.45, 7) is 6.85. The van der Waals surface area contributed by atoms with Crippen LogP contribution in [0.1, 0.15) is 44.9 Å². The van der Waals surface area contributed by atoms with E-state index in [1.54, 1.807) is 6.07 Å². The Kier molecular flexibility index (Phi) is 4.93. The molecule has 0 aliphatic heterocycles. The van der Waals surface area contributed by atoms with Crippen LogP contribution in [-0.4, -0.2) is 8.42 Å². The molecule has 4 rings (SSSR count). The molecule has 1 aromatic heterocycles. The molecule has 1 heterocycles. The van der Waals surface area contributed by atoms with Crippen molar-refractivity contribution in [1.82, 2.24) is 0 Å². The van der Waals surface area contributed by atoms with Gasteiger partial charge in [-0.15, -0.1) is 0 Å². The third-order valence-electron chi connectivity index (χ3n) is 6.44. The van der Waals surface area contributed by atoms with Gasteiger partial charge < -0.3 is 4.42 Å². The first-order valence-electron chi connectivity index (χ1n) is 10.0. The van der Waals surface area contributed by atoms with Crippen LogP contribution in [0.5, 0.6) is 0 Å². The molecule has 154 valence electrons. The summed E-state index contributed by atoms with van der Waals surface area (Å²) in [6.07, 6.45) is 4.08. The van der Waals surface area contributed by atoms with E-state index >= 15 is 0 Å². The normalized spacial score (nSPS) is 17.3. The van der Waals surface area contributed by atoms with E-state index in [4.69, 9.17) is 4.42 Å². The van der Waals surface area contributed by atoms with Crippen molar-refractivity contribution >= 4 is 26.7 Å². The van der Waals surface area contributed by atoms with Crippen molar-refractivity contribution in [2.45, 2.75) is 51.3 Å². The number of rotatable bonds is 5. The molecule has 0 fully saturated rings. The molecule has 3 aromatic rings. The predicted molar refractivity (Wildman–Crippen MR) is 113 cm³/mol. The molecule has 0 bridgehead atoms. The van der Waals surface area contributed by atoms with Gasteiger partial charge in [0.15, 0.2) is 0 Å². The zero-order chi connectivity index (χ0) is 20.8. The Morgan fingerprint density at radius 3 is 2.59 bits per heavy atom. The van der Waals surface area contributed by atoms with E-state index in [9.17, 15) is 12.8 Å². The zero-order valence-corrected chi connectivity index (χ0v) is 17.8. The first-order valence-corrected chi connectivity index (χ1v) is 11.5. The summed E-state index contributed by atoms with van der Waals surface area (Å²) in [5.74, 6) is 1.11. The molecule has 0 saturated carbocycles. The van der Waals surface area contributed by atoms with Crippen LogP contribution >= 0.6 is 0 Å². The van der Waals surface area contributed by atoms with Crippen molar-refractivity contribution in [2.24, 2.45) is 11.3 Å². The number of hydrogen-bond acceptors (Lipinski definition) is 3. The molecule has 0 amide bonds. The molecule has 4 nitrogen and oxygen atoms in total. The molecular weight excluding hydrogens is 389 g/mol. The first-order chi connectivity index (χ1) is 13.7. The highest BCUT2D eigenvalue weighted by Crippen LogP contribution is 2.43. The van der Waals surface area contributed by atoms with Gasteiger partial charge in [-0.05, 0) is 66.6 Å². The standard InChI is InChI=1S/C23H26FNO3S/c1-4-23(2,3)15-5-11-21-19(13-15)20-14-17(8-12-22(20)28-21)25-29(26,27)18-9-6-16(24)7-10-18/h6-10,12,14-15,25H,4-5,11,13H2,1-3H3/t15-/m1/s1. The number of nitrogens with one attached hydrogen (secondary N) is 1. The average Bonchev–Trinajstić information content (AvgIpc) is 3.05. The van der Waals surface area contributed by atoms with Crippen LogP contribution in [0.4, 0.5) is 10.1 Å². The van der Waals surface area contributed by atoms with Gasteiger partial charge in [0, 0.05) is 23.1 Å². The van der Waals surface area contributed by atoms with Crippen LogP contribution in [-0.2, 0) is 22.9 Å². The largest absolute Gasteiger partial charge is 0.461 e. The van der Waals surface area contributed by atoms with E-state index in [1.165, 1.54) is 17.7 Å². The average molecular weight is 416 g/mol. The number of aryl methyl sites for hydroxylation is 1. The minimum Gasteiger partial charge on any atom is -0.461 e. The topological polar surface area (TPSA) is 59.3 Å². The monoisotopic (exact) mass is 415 g/mol. The van der Waals surface area contributed by atoms with Gasteiger partial charge in [-0.3, -0.25) is 4.72 Å². The minimum atomic E-state index is -3.79. The lowest BCUT2D eigenvalue weighted by atomic mass is 9.69. The number of halogens is 1. The number of benzene rings is 2. The molecule has 0 unspecified atom stereocenters. The third-order valence-corrected chi connectivity index (χ3v) is 7.83. The highest BCUT2D eigenvalue weighted by atomic mass is 32.2. The number of sulfonamides is 1. The van der Waals surface area contributed by atoms with E-state index in [0.717, 1.165) is 54.5 Å². The fourth-order valence-corrected chi connectivity index (χ4v) is 5.18. The van der Waals surface area contributed by atoms with Gasteiger partial charge >= 0.3 is 0 Å². The zero-order valence-electron chi connectivity index (χ0n) is 17.0. The number of furan rings is 1. The van der Waals surface area contributed by atoms with E-state index < -0.39 is 15.8 Å². The molecule has 6 heteroatoms. The molecule has 2 aromatic carbocycles. The third kappa shape index (κ3) is 3.78. The van der Waals surface area contributed by atoms with Gasteiger partial charge in [0.05, 0.1) is 4.90 Å². The SMILES string of the molecule is CCC(C)(C)[C@@H]1CCc2oc3ccc(NS(=O)(=O)c4ccc(F)cc4)cc3c2C1. The molecule has 1 aliphatic carbocycles. The number of anilines is 1. The molecule has 29 heavy (non-hydrogen) atoms. The van der Waals surface area contributed by atoms with Crippen molar-refractivity contribution in [3.63, 3.8) is 0 Å². The lowest BCUT2D eigenvalue weighted by Gasteiger charge is -2.36. The Bertz CT molecular complexity index is 1150. The van der Waals surface area contributed by atoms with Crippen LogP contribution < -0.4 is 4.72 Å². The maximum atomic E-state index is 13.1. The van der Waals surface area contributed by atoms with Crippen LogP contribution in [0, 0.1) is 17.2 Å². The molecule has 1 atom stereocenters. The van der Waals surface area contributed by atoms with Crippen molar-refractivity contribution in [3.8, 4) is 0 Å². The summed E-state index contributed by atoms with van der Waals surface area (Å²) in [5, 5.41) is 0.968. The molecule has 0 spiro atoms. The van der Waals surface area contributed by atoms with Gasteiger partial charge in [-0.25, -0.2) is 12.8 Å². The summed E-state index contributed by atoms with van der Waals surface area (Å²) < 4.78 is 47.1. The van der Waals surface area contributed by atoms with Gasteiger partial charge in [0.25, 0.3) is 10.0 Å². The molecule has 1 aliphatic rings. The summed E-state index contributed by atoms with van der Waals surface area (Å²) in [6, 6.07) is 10.2. The number of fused-ring (bicyclic) bond motifs is 3. The molecule has 0 saturated heterocycles. The van der Waals surface area contributed by atoms with Crippen LogP contribution in [0.3, 0.4) is 0 Å². The second-order valence-electron chi connectivity index (χ2n) is 8.56. The van der Waals surface area contributed by atoms with E-state index in [0.29, 0.717) is 11.6 Å². The highest BCUT2D eigenvalue weighted by molar-refractivity contribution is 7.92. The lowest BCUT2D eigenvalue weighted by molar-refractivity contribution is 0.179. The fourth-order valence-electron chi connectivity index (χ4n) is 4.13. The van der Waals surface area contributed by atoms with Crippen LogP contribution in [0.15, 0.2) is 51.8 Å². The fraction of sp³-hybridized carbons (Fsp3) is 0.391. The first kappa shape index (κ1) is 20.0. The molecule has 0 radical (unpaired) electrons.